The van der Waals surface area contributed by atoms with E-state index < -0.39 is 5.95 Å². The lowest BCUT2D eigenvalue weighted by molar-refractivity contribution is 0.584. The first-order valence-electron chi connectivity index (χ1n) is 19.8. The number of thiophene rings is 1. The normalized spacial score (nSPS) is 11.4. The van der Waals surface area contributed by atoms with Crippen LogP contribution in [0.1, 0.15) is 16.7 Å². The van der Waals surface area contributed by atoms with Gasteiger partial charge in [0.05, 0.1) is 11.9 Å². The minimum atomic E-state index is -0.508. The van der Waals surface area contributed by atoms with Crippen LogP contribution in [-0.2, 0) is 6.42 Å². The zero-order valence-electron chi connectivity index (χ0n) is 32.6. The second kappa shape index (κ2) is 15.3. The van der Waals surface area contributed by atoms with Crippen molar-refractivity contribution in [2.24, 2.45) is 0 Å². The van der Waals surface area contributed by atoms with Crippen molar-refractivity contribution in [2.45, 2.75) is 13.3 Å². The molecule has 0 saturated heterocycles. The minimum Gasteiger partial charge on any atom is -0.309 e. The third-order valence-electron chi connectivity index (χ3n) is 11.3. The molecule has 0 aliphatic heterocycles. The fraction of sp³-hybridized carbons (Fsp3) is 0.0364. The van der Waals surface area contributed by atoms with Crippen LogP contribution in [-0.4, -0.2) is 4.98 Å². The van der Waals surface area contributed by atoms with Crippen LogP contribution in [0.2, 0.25) is 0 Å². The maximum absolute atomic E-state index is 14.0. The fourth-order valence-corrected chi connectivity index (χ4v) is 9.32. The second-order valence-electron chi connectivity index (χ2n) is 15.1. The number of aromatic nitrogens is 1. The molecule has 0 spiro atoms. The van der Waals surface area contributed by atoms with Crippen molar-refractivity contribution in [2.75, 3.05) is 4.90 Å². The smallest absolute Gasteiger partial charge is 0.212 e. The molecule has 2 aromatic heterocycles. The third-order valence-corrected chi connectivity index (χ3v) is 12.5. The van der Waals surface area contributed by atoms with E-state index in [4.69, 9.17) is 0 Å². The quantitative estimate of drug-likeness (QED) is 0.136. The summed E-state index contributed by atoms with van der Waals surface area (Å²) in [7, 11) is 0. The number of halogens is 1. The molecule has 59 heavy (non-hydrogen) atoms. The Morgan fingerprint density at radius 1 is 0.542 bits per heavy atom. The van der Waals surface area contributed by atoms with Gasteiger partial charge in [0.1, 0.15) is 0 Å². The Morgan fingerprint density at radius 3 is 1.88 bits per heavy atom. The highest BCUT2D eigenvalue weighted by atomic mass is 32.1. The standard InChI is InChI=1S/C55H39FN2S/c1-36-16-17-44(40-20-25-47(26-21-40)58(48-27-29-55(56)57-35-48)46-23-18-39(19-24-46)38-10-4-3-5-11-38)33-50(36)51-34-43-13-7-6-12-42(43)31-45(51)30-37(2)41-22-28-54-52(32-41)49-14-8-9-15-53(49)59-54/h3-29,31-35H,2,30H2,1H3. The van der Waals surface area contributed by atoms with Gasteiger partial charge in [-0.25, -0.2) is 4.98 Å². The van der Waals surface area contributed by atoms with Gasteiger partial charge in [0.2, 0.25) is 5.95 Å². The van der Waals surface area contributed by atoms with Crippen LogP contribution in [0.25, 0.3) is 69.9 Å². The maximum atomic E-state index is 14.0. The predicted octanol–water partition coefficient (Wildman–Crippen LogP) is 15.8. The number of allylic oxidation sites excluding steroid dienone is 1. The number of benzene rings is 8. The van der Waals surface area contributed by atoms with Gasteiger partial charge in [-0.3, -0.25) is 0 Å². The van der Waals surface area contributed by atoms with E-state index in [9.17, 15) is 4.39 Å². The van der Waals surface area contributed by atoms with Gasteiger partial charge in [0.25, 0.3) is 0 Å². The van der Waals surface area contributed by atoms with Gasteiger partial charge in [0.15, 0.2) is 0 Å². The molecule has 0 aliphatic carbocycles. The van der Waals surface area contributed by atoms with Gasteiger partial charge in [-0.1, -0.05) is 128 Å². The number of aryl methyl sites for hydroxylation is 1. The molecule has 2 nitrogen and oxygen atoms in total. The zero-order valence-corrected chi connectivity index (χ0v) is 33.4. The van der Waals surface area contributed by atoms with Gasteiger partial charge >= 0.3 is 0 Å². The number of pyridine rings is 1. The number of hydrogen-bond donors (Lipinski definition) is 0. The van der Waals surface area contributed by atoms with Crippen LogP contribution in [0.15, 0.2) is 201 Å². The Kier molecular flexibility index (Phi) is 9.40. The van der Waals surface area contributed by atoms with Crippen molar-refractivity contribution in [3.63, 3.8) is 0 Å². The van der Waals surface area contributed by atoms with E-state index in [1.54, 1.807) is 12.3 Å². The van der Waals surface area contributed by atoms with Gasteiger partial charge in [-0.15, -0.1) is 11.3 Å². The van der Waals surface area contributed by atoms with Crippen LogP contribution >= 0.6 is 11.3 Å². The number of rotatable bonds is 9. The van der Waals surface area contributed by atoms with Crippen LogP contribution in [0.4, 0.5) is 21.5 Å². The molecule has 4 heteroatoms. The highest BCUT2D eigenvalue weighted by Gasteiger charge is 2.17. The van der Waals surface area contributed by atoms with Crippen LogP contribution in [0.3, 0.4) is 0 Å². The van der Waals surface area contributed by atoms with Gasteiger partial charge < -0.3 is 4.90 Å². The lowest BCUT2D eigenvalue weighted by Crippen LogP contribution is -2.10. The zero-order chi connectivity index (χ0) is 39.9. The third kappa shape index (κ3) is 7.09. The Balaban J connectivity index is 0.997. The van der Waals surface area contributed by atoms with Crippen LogP contribution in [0.5, 0.6) is 0 Å². The SMILES string of the molecule is C=C(Cc1cc2ccccc2cc1-c1cc(-c2ccc(N(c3ccc(-c4ccccc4)cc3)c3ccc(F)nc3)cc2)ccc1C)c1ccc2sc3ccccc3c2c1. The summed E-state index contributed by atoms with van der Waals surface area (Å²) in [5, 5.41) is 5.02. The van der Waals surface area contributed by atoms with E-state index >= 15 is 0 Å². The van der Waals surface area contributed by atoms with Crippen molar-refractivity contribution in [3.05, 3.63) is 223 Å². The predicted molar refractivity (Wildman–Crippen MR) is 249 cm³/mol. The van der Waals surface area contributed by atoms with Crippen molar-refractivity contribution >= 4 is 64.9 Å². The summed E-state index contributed by atoms with van der Waals surface area (Å²) in [6.45, 7) is 6.86. The Labute approximate surface area is 347 Å². The fourth-order valence-electron chi connectivity index (χ4n) is 8.24. The van der Waals surface area contributed by atoms with E-state index in [1.807, 2.05) is 29.5 Å². The lowest BCUT2D eigenvalue weighted by Gasteiger charge is -2.25. The first-order valence-corrected chi connectivity index (χ1v) is 20.7. The van der Waals surface area contributed by atoms with Crippen molar-refractivity contribution in [3.8, 4) is 33.4 Å². The Bertz CT molecular complexity index is 3150. The van der Waals surface area contributed by atoms with Crippen LogP contribution < -0.4 is 4.90 Å². The number of anilines is 3. The second-order valence-corrected chi connectivity index (χ2v) is 16.2. The van der Waals surface area contributed by atoms with E-state index in [1.165, 1.54) is 64.8 Å². The molecule has 0 bridgehead atoms. The highest BCUT2D eigenvalue weighted by Crippen LogP contribution is 2.40. The molecular weight excluding hydrogens is 740 g/mol. The highest BCUT2D eigenvalue weighted by molar-refractivity contribution is 7.25. The molecule has 0 fully saturated rings. The first kappa shape index (κ1) is 36.2. The Morgan fingerprint density at radius 2 is 1.15 bits per heavy atom. The Hall–Kier alpha value is -7.14. The summed E-state index contributed by atoms with van der Waals surface area (Å²) in [6.07, 6.45) is 2.31. The summed E-state index contributed by atoms with van der Waals surface area (Å²) in [5.41, 5.74) is 14.4. The van der Waals surface area contributed by atoms with Crippen molar-refractivity contribution in [1.29, 1.82) is 0 Å². The molecule has 0 unspecified atom stereocenters. The minimum absolute atomic E-state index is 0.508. The molecular formula is C55H39FN2S. The molecule has 8 aromatic carbocycles. The van der Waals surface area contributed by atoms with Gasteiger partial charge in [-0.05, 0) is 146 Å². The molecule has 10 rings (SSSR count). The first-order chi connectivity index (χ1) is 28.9. The average molecular weight is 779 g/mol. The van der Waals surface area contributed by atoms with E-state index in [0.717, 1.165) is 51.3 Å². The topological polar surface area (TPSA) is 16.1 Å². The summed E-state index contributed by atoms with van der Waals surface area (Å²) in [6, 6.07) is 66.1. The molecule has 0 atom stereocenters. The van der Waals surface area contributed by atoms with E-state index in [-0.39, 0.29) is 0 Å². The molecule has 282 valence electrons. The molecule has 0 N–H and O–H groups in total. The monoisotopic (exact) mass is 778 g/mol. The average Bonchev–Trinajstić information content (AvgIpc) is 3.66. The summed E-state index contributed by atoms with van der Waals surface area (Å²) < 4.78 is 16.6. The van der Waals surface area contributed by atoms with E-state index in [0.29, 0.717) is 0 Å². The maximum Gasteiger partial charge on any atom is 0.212 e. The lowest BCUT2D eigenvalue weighted by atomic mass is 9.87. The van der Waals surface area contributed by atoms with Gasteiger partial charge in [-0.2, -0.15) is 4.39 Å². The summed E-state index contributed by atoms with van der Waals surface area (Å²) in [5.74, 6) is -0.508. The van der Waals surface area contributed by atoms with Crippen LogP contribution in [0, 0.1) is 12.9 Å². The molecule has 2 heterocycles. The van der Waals surface area contributed by atoms with Crippen molar-refractivity contribution in [1.82, 2.24) is 4.98 Å². The van der Waals surface area contributed by atoms with E-state index in [2.05, 4.69) is 181 Å². The number of hydrogen-bond acceptors (Lipinski definition) is 3. The molecule has 0 radical (unpaired) electrons. The molecule has 0 aliphatic rings. The number of nitrogens with zero attached hydrogens (tertiary/aromatic N) is 2. The molecule has 0 amide bonds. The van der Waals surface area contributed by atoms with Gasteiger partial charge in [0, 0.05) is 31.5 Å². The van der Waals surface area contributed by atoms with Crippen molar-refractivity contribution < 1.29 is 4.39 Å². The largest absolute Gasteiger partial charge is 0.309 e. The summed E-state index contributed by atoms with van der Waals surface area (Å²) in [4.78, 5) is 6.11. The summed E-state index contributed by atoms with van der Waals surface area (Å²) >= 11 is 1.84. The number of fused-ring (bicyclic) bond motifs is 4. The molecule has 10 aromatic rings. The molecule has 0 saturated carbocycles.